The molecule has 2 saturated heterocycles. The summed E-state index contributed by atoms with van der Waals surface area (Å²) in [4.78, 5) is 11.8. The first-order chi connectivity index (χ1) is 7.70. The molecule has 0 aromatic rings. The van der Waals surface area contributed by atoms with Crippen molar-refractivity contribution >= 4 is 17.7 Å². The minimum absolute atomic E-state index is 0.0183. The highest BCUT2D eigenvalue weighted by Gasteiger charge is 2.41. The van der Waals surface area contributed by atoms with Crippen molar-refractivity contribution in [3.63, 3.8) is 0 Å². The molecule has 5 heteroatoms. The number of carbonyl (C=O) groups is 1. The molecule has 2 bridgehead atoms. The van der Waals surface area contributed by atoms with E-state index in [1.165, 1.54) is 0 Å². The van der Waals surface area contributed by atoms with Gasteiger partial charge < -0.3 is 15.8 Å². The first-order valence-electron chi connectivity index (χ1n) is 5.91. The Morgan fingerprint density at radius 3 is 3.00 bits per heavy atom. The summed E-state index contributed by atoms with van der Waals surface area (Å²) >= 11 is 1.72. The third-order valence-electron chi connectivity index (χ3n) is 3.40. The van der Waals surface area contributed by atoms with E-state index in [1.807, 2.05) is 6.26 Å². The van der Waals surface area contributed by atoms with Crippen LogP contribution in [-0.2, 0) is 9.53 Å². The smallest absolute Gasteiger partial charge is 0.237 e. The van der Waals surface area contributed by atoms with E-state index in [0.29, 0.717) is 6.10 Å². The van der Waals surface area contributed by atoms with E-state index in [9.17, 15) is 4.79 Å². The number of ether oxygens (including phenoxy) is 1. The fourth-order valence-electron chi connectivity index (χ4n) is 2.46. The van der Waals surface area contributed by atoms with Gasteiger partial charge in [0.15, 0.2) is 0 Å². The first-order valence-corrected chi connectivity index (χ1v) is 7.30. The zero-order valence-corrected chi connectivity index (χ0v) is 10.5. The summed E-state index contributed by atoms with van der Waals surface area (Å²) in [5, 5.41) is 3.02. The van der Waals surface area contributed by atoms with Crippen molar-refractivity contribution in [1.82, 2.24) is 5.32 Å². The van der Waals surface area contributed by atoms with Gasteiger partial charge >= 0.3 is 0 Å². The molecule has 2 heterocycles. The molecule has 0 saturated carbocycles. The normalized spacial score (nSPS) is 34.0. The molecule has 2 fully saturated rings. The summed E-state index contributed by atoms with van der Waals surface area (Å²) in [6, 6.07) is -0.168. The van der Waals surface area contributed by atoms with Gasteiger partial charge in [0.05, 0.1) is 24.3 Å². The summed E-state index contributed by atoms with van der Waals surface area (Å²) in [5.74, 6) is 0.914. The van der Waals surface area contributed by atoms with Gasteiger partial charge in [0, 0.05) is 0 Å². The number of amides is 1. The summed E-state index contributed by atoms with van der Waals surface area (Å²) in [7, 11) is 0. The average molecular weight is 244 g/mol. The van der Waals surface area contributed by atoms with Crippen LogP contribution in [0.3, 0.4) is 0 Å². The lowest BCUT2D eigenvalue weighted by molar-refractivity contribution is -0.123. The fourth-order valence-corrected chi connectivity index (χ4v) is 2.95. The third kappa shape index (κ3) is 2.70. The number of hydrogen-bond donors (Lipinski definition) is 2. The predicted octanol–water partition coefficient (Wildman–Crippen LogP) is 0.503. The lowest BCUT2D eigenvalue weighted by Crippen LogP contribution is -2.48. The van der Waals surface area contributed by atoms with Crippen molar-refractivity contribution in [2.24, 2.45) is 5.73 Å². The maximum Gasteiger partial charge on any atom is 0.237 e. The van der Waals surface area contributed by atoms with Gasteiger partial charge in [-0.1, -0.05) is 0 Å². The van der Waals surface area contributed by atoms with Gasteiger partial charge in [-0.3, -0.25) is 4.79 Å². The lowest BCUT2D eigenvalue weighted by atomic mass is 9.95. The van der Waals surface area contributed by atoms with Crippen LogP contribution in [0.1, 0.15) is 25.7 Å². The zero-order valence-electron chi connectivity index (χ0n) is 9.65. The summed E-state index contributed by atoms with van der Waals surface area (Å²) in [6.07, 6.45) is 6.57. The van der Waals surface area contributed by atoms with Crippen LogP contribution >= 0.6 is 11.8 Å². The molecule has 2 rings (SSSR count). The Morgan fingerprint density at radius 2 is 2.44 bits per heavy atom. The number of hydrogen-bond acceptors (Lipinski definition) is 4. The SMILES string of the molecule is CSCC[C@H](N)C(=O)NC1CC2CCC1O2. The molecule has 0 spiro atoms. The van der Waals surface area contributed by atoms with E-state index in [-0.39, 0.29) is 24.1 Å². The number of thioether (sulfide) groups is 1. The van der Waals surface area contributed by atoms with Gasteiger partial charge in [-0.15, -0.1) is 0 Å². The van der Waals surface area contributed by atoms with Crippen LogP contribution in [0.4, 0.5) is 0 Å². The molecule has 0 aromatic carbocycles. The Labute approximate surface area is 101 Å². The number of fused-ring (bicyclic) bond motifs is 2. The Bertz CT molecular complexity index is 262. The van der Waals surface area contributed by atoms with Crippen LogP contribution in [0.25, 0.3) is 0 Å². The highest BCUT2D eigenvalue weighted by atomic mass is 32.2. The third-order valence-corrected chi connectivity index (χ3v) is 4.05. The molecule has 3 N–H and O–H groups in total. The molecule has 1 amide bonds. The van der Waals surface area contributed by atoms with E-state index in [2.05, 4.69) is 5.32 Å². The van der Waals surface area contributed by atoms with Crippen LogP contribution in [0.15, 0.2) is 0 Å². The van der Waals surface area contributed by atoms with Crippen LogP contribution in [0.2, 0.25) is 0 Å². The Hall–Kier alpha value is -0.260. The quantitative estimate of drug-likeness (QED) is 0.739. The first kappa shape index (κ1) is 12.2. The molecule has 2 aliphatic rings. The standard InChI is InChI=1S/C11H20N2O2S/c1-16-5-4-8(12)11(14)13-9-6-7-2-3-10(9)15-7/h7-10H,2-6,12H2,1H3,(H,13,14)/t7?,8-,9?,10?/m0/s1. The molecule has 0 aromatic heterocycles. The largest absolute Gasteiger partial charge is 0.373 e. The molecule has 16 heavy (non-hydrogen) atoms. The Kier molecular flexibility index (Phi) is 4.10. The Balaban J connectivity index is 1.74. The van der Waals surface area contributed by atoms with Gasteiger partial charge in [0.1, 0.15) is 0 Å². The van der Waals surface area contributed by atoms with E-state index in [1.54, 1.807) is 11.8 Å². The molecule has 92 valence electrons. The maximum absolute atomic E-state index is 11.8. The number of nitrogens with one attached hydrogen (secondary N) is 1. The molecular weight excluding hydrogens is 224 g/mol. The molecular formula is C11H20N2O2S. The van der Waals surface area contributed by atoms with E-state index >= 15 is 0 Å². The molecule has 3 unspecified atom stereocenters. The molecule has 4 atom stereocenters. The average Bonchev–Trinajstić information content (AvgIpc) is 2.87. The predicted molar refractivity (Wildman–Crippen MR) is 65.4 cm³/mol. The number of nitrogens with two attached hydrogens (primary N) is 1. The van der Waals surface area contributed by atoms with Crippen molar-refractivity contribution in [3.05, 3.63) is 0 Å². The van der Waals surface area contributed by atoms with Gasteiger partial charge in [-0.05, 0) is 37.7 Å². The molecule has 2 aliphatic heterocycles. The van der Waals surface area contributed by atoms with E-state index in [4.69, 9.17) is 10.5 Å². The highest BCUT2D eigenvalue weighted by Crippen LogP contribution is 2.34. The summed E-state index contributed by atoms with van der Waals surface area (Å²) in [6.45, 7) is 0. The second-order valence-corrected chi connectivity index (χ2v) is 5.60. The van der Waals surface area contributed by atoms with Crippen LogP contribution in [0.5, 0.6) is 0 Å². The lowest BCUT2D eigenvalue weighted by Gasteiger charge is -2.22. The zero-order chi connectivity index (χ0) is 11.5. The fraction of sp³-hybridized carbons (Fsp3) is 0.909. The maximum atomic E-state index is 11.8. The minimum atomic E-state index is -0.369. The van der Waals surface area contributed by atoms with E-state index in [0.717, 1.165) is 31.4 Å². The molecule has 0 radical (unpaired) electrons. The van der Waals surface area contributed by atoms with Gasteiger partial charge in [0.25, 0.3) is 0 Å². The minimum Gasteiger partial charge on any atom is -0.373 e. The summed E-state index contributed by atoms with van der Waals surface area (Å²) < 4.78 is 5.69. The van der Waals surface area contributed by atoms with Crippen molar-refractivity contribution < 1.29 is 9.53 Å². The van der Waals surface area contributed by atoms with Crippen LogP contribution in [0, 0.1) is 0 Å². The molecule has 4 nitrogen and oxygen atoms in total. The van der Waals surface area contributed by atoms with Crippen molar-refractivity contribution in [3.8, 4) is 0 Å². The molecule has 0 aliphatic carbocycles. The van der Waals surface area contributed by atoms with Crippen molar-refractivity contribution in [2.45, 2.75) is 50.0 Å². The van der Waals surface area contributed by atoms with Gasteiger partial charge in [-0.2, -0.15) is 11.8 Å². The van der Waals surface area contributed by atoms with Crippen LogP contribution in [-0.4, -0.2) is 42.2 Å². The van der Waals surface area contributed by atoms with Crippen molar-refractivity contribution in [2.75, 3.05) is 12.0 Å². The highest BCUT2D eigenvalue weighted by molar-refractivity contribution is 7.98. The van der Waals surface area contributed by atoms with E-state index < -0.39 is 0 Å². The van der Waals surface area contributed by atoms with Crippen molar-refractivity contribution in [1.29, 1.82) is 0 Å². The number of rotatable bonds is 5. The monoisotopic (exact) mass is 244 g/mol. The summed E-state index contributed by atoms with van der Waals surface area (Å²) in [5.41, 5.74) is 5.81. The topological polar surface area (TPSA) is 64.4 Å². The van der Waals surface area contributed by atoms with Gasteiger partial charge in [0.2, 0.25) is 5.91 Å². The Morgan fingerprint density at radius 1 is 1.62 bits per heavy atom. The second kappa shape index (κ2) is 5.38. The second-order valence-electron chi connectivity index (χ2n) is 4.61. The number of carbonyl (C=O) groups excluding carboxylic acids is 1. The van der Waals surface area contributed by atoms with Gasteiger partial charge in [-0.25, -0.2) is 0 Å². The van der Waals surface area contributed by atoms with Crippen LogP contribution < -0.4 is 11.1 Å².